The second kappa shape index (κ2) is 9.25. The molecule has 1 aliphatic heterocycles. The van der Waals surface area contributed by atoms with E-state index in [-0.39, 0.29) is 25.0 Å². The normalized spacial score (nSPS) is 12.7. The smallest absolute Gasteiger partial charge is 0.454 e. The van der Waals surface area contributed by atoms with E-state index in [1.165, 1.54) is 7.11 Å². The predicted octanol–water partition coefficient (Wildman–Crippen LogP) is 1.34. The molecule has 9 heteroatoms. The van der Waals surface area contributed by atoms with Crippen molar-refractivity contribution in [3.05, 3.63) is 59.7 Å². The predicted molar refractivity (Wildman–Crippen MR) is 109 cm³/mol. The zero-order valence-corrected chi connectivity index (χ0v) is 16.3. The van der Waals surface area contributed by atoms with Crippen LogP contribution in [0.1, 0.15) is 18.1 Å². The fourth-order valence-corrected chi connectivity index (χ4v) is 3.01. The molecule has 1 heterocycles. The van der Waals surface area contributed by atoms with Gasteiger partial charge in [0, 0.05) is 12.0 Å². The second-order valence-electron chi connectivity index (χ2n) is 6.41. The Bertz CT molecular complexity index is 920. The second-order valence-corrected chi connectivity index (χ2v) is 6.41. The Morgan fingerprint density at radius 1 is 1.17 bits per heavy atom. The van der Waals surface area contributed by atoms with Crippen molar-refractivity contribution in [1.29, 1.82) is 0 Å². The van der Waals surface area contributed by atoms with Crippen molar-refractivity contribution in [3.63, 3.8) is 0 Å². The van der Waals surface area contributed by atoms with Crippen molar-refractivity contribution in [1.82, 2.24) is 10.1 Å². The van der Waals surface area contributed by atoms with Crippen molar-refractivity contribution < 1.29 is 24.1 Å². The largest absolute Gasteiger partial charge is 0.469 e. The molecule has 150 valence electrons. The maximum Gasteiger partial charge on any atom is 0.454 e. The first-order chi connectivity index (χ1) is 14.0. The summed E-state index contributed by atoms with van der Waals surface area (Å²) in [5, 5.41) is 13.6. The van der Waals surface area contributed by atoms with Gasteiger partial charge in [0.25, 0.3) is 0 Å². The average molecular weight is 395 g/mol. The lowest BCUT2D eigenvalue weighted by atomic mass is 9.69. The van der Waals surface area contributed by atoms with Gasteiger partial charge in [-0.15, -0.1) is 0 Å². The molecule has 0 spiro atoms. The van der Waals surface area contributed by atoms with E-state index >= 15 is 0 Å². The van der Waals surface area contributed by atoms with Crippen molar-refractivity contribution in [2.24, 2.45) is 4.99 Å². The van der Waals surface area contributed by atoms with E-state index in [4.69, 9.17) is 9.47 Å². The summed E-state index contributed by atoms with van der Waals surface area (Å²) >= 11 is 0. The average Bonchev–Trinajstić information content (AvgIpc) is 2.71. The minimum absolute atomic E-state index is 0.0871. The monoisotopic (exact) mass is 395 g/mol. The Hall–Kier alpha value is -3.33. The topological polar surface area (TPSA) is 100 Å². The van der Waals surface area contributed by atoms with Crippen LogP contribution in [-0.4, -0.2) is 48.6 Å². The lowest BCUT2D eigenvalue weighted by Crippen LogP contribution is -2.58. The number of aliphatic imine (C=N–C) groups is 1. The number of benzene rings is 2. The number of hydrogen-bond acceptors (Lipinski definition) is 7. The van der Waals surface area contributed by atoms with Gasteiger partial charge in [-0.2, -0.15) is 0 Å². The molecule has 2 aromatic carbocycles. The molecule has 0 aliphatic carbocycles. The van der Waals surface area contributed by atoms with Crippen LogP contribution in [0.5, 0.6) is 0 Å². The molecule has 0 atom stereocenters. The van der Waals surface area contributed by atoms with Crippen molar-refractivity contribution in [2.45, 2.75) is 19.9 Å². The first-order valence-corrected chi connectivity index (χ1v) is 9.22. The fourth-order valence-electron chi connectivity index (χ4n) is 3.01. The summed E-state index contributed by atoms with van der Waals surface area (Å²) in [7, 11) is 0.290. The molecule has 29 heavy (non-hydrogen) atoms. The van der Waals surface area contributed by atoms with Gasteiger partial charge in [-0.25, -0.2) is 9.79 Å². The van der Waals surface area contributed by atoms with Crippen LogP contribution in [0.25, 0.3) is 0 Å². The fraction of sp³-hybridized carbons (Fsp3) is 0.250. The molecule has 0 aromatic heterocycles. The Kier molecular flexibility index (Phi) is 6.51. The first kappa shape index (κ1) is 20.4. The number of ether oxygens (including phenoxy) is 2. The van der Waals surface area contributed by atoms with Crippen LogP contribution in [0, 0.1) is 0 Å². The van der Waals surface area contributed by atoms with Gasteiger partial charge >= 0.3 is 19.1 Å². The summed E-state index contributed by atoms with van der Waals surface area (Å²) in [6.07, 6.45) is -0.574. The number of hydrogen-bond donors (Lipinski definition) is 2. The minimum Gasteiger partial charge on any atom is -0.469 e. The molecule has 0 saturated heterocycles. The molecule has 8 nitrogen and oxygen atoms in total. The molecule has 3 rings (SSSR count). The SMILES string of the molecule is CCOC(=O)NC1=Nc2cc(CC(=O)OC)ccc2B(O)N1Cc1ccccc1. The number of nitrogens with one attached hydrogen (secondary N) is 1. The Morgan fingerprint density at radius 3 is 2.62 bits per heavy atom. The Balaban J connectivity index is 1.95. The lowest BCUT2D eigenvalue weighted by molar-refractivity contribution is -0.139. The highest BCUT2D eigenvalue weighted by molar-refractivity contribution is 6.68. The maximum atomic E-state index is 12.0. The number of nitrogens with zero attached hydrogens (tertiary/aromatic N) is 2. The van der Waals surface area contributed by atoms with E-state index in [2.05, 4.69) is 10.3 Å². The van der Waals surface area contributed by atoms with Crippen molar-refractivity contribution in [3.8, 4) is 0 Å². The standard InChI is InChI=1S/C20H22BN3O5/c1-3-29-20(26)23-19-22-17-11-15(12-18(25)28-2)9-10-16(17)21(27)24(19)13-14-7-5-4-6-8-14/h4-11,27H,3,12-13H2,1-2H3,(H,22,23,26). The van der Waals surface area contributed by atoms with Crippen LogP contribution in [0.4, 0.5) is 10.5 Å². The zero-order valence-electron chi connectivity index (χ0n) is 16.3. The number of esters is 1. The summed E-state index contributed by atoms with van der Waals surface area (Å²) in [6, 6.07) is 14.7. The highest BCUT2D eigenvalue weighted by Crippen LogP contribution is 2.21. The van der Waals surface area contributed by atoms with Crippen LogP contribution in [-0.2, 0) is 27.2 Å². The number of amides is 1. The number of carbonyl (C=O) groups is 2. The third-order valence-corrected chi connectivity index (χ3v) is 4.43. The quantitative estimate of drug-likeness (QED) is 0.586. The third-order valence-electron chi connectivity index (χ3n) is 4.43. The van der Waals surface area contributed by atoms with Gasteiger partial charge in [0.2, 0.25) is 0 Å². The summed E-state index contributed by atoms with van der Waals surface area (Å²) < 4.78 is 9.65. The lowest BCUT2D eigenvalue weighted by Gasteiger charge is -2.32. The maximum absolute atomic E-state index is 12.0. The summed E-state index contributed by atoms with van der Waals surface area (Å²) in [5.74, 6) is -0.205. The summed E-state index contributed by atoms with van der Waals surface area (Å²) in [6.45, 7) is 2.24. The number of fused-ring (bicyclic) bond motifs is 1. The van der Waals surface area contributed by atoms with Gasteiger partial charge in [0.05, 0.1) is 25.8 Å². The Morgan fingerprint density at radius 2 is 1.93 bits per heavy atom. The van der Waals surface area contributed by atoms with E-state index in [9.17, 15) is 14.6 Å². The number of carbonyl (C=O) groups excluding carboxylic acids is 2. The van der Waals surface area contributed by atoms with E-state index < -0.39 is 13.1 Å². The minimum atomic E-state index is -1.04. The zero-order chi connectivity index (χ0) is 20.8. The molecule has 1 amide bonds. The van der Waals surface area contributed by atoms with Crippen LogP contribution in [0.2, 0.25) is 0 Å². The van der Waals surface area contributed by atoms with Crippen LogP contribution >= 0.6 is 0 Å². The highest BCUT2D eigenvalue weighted by atomic mass is 16.5. The molecule has 1 aliphatic rings. The van der Waals surface area contributed by atoms with E-state index in [0.717, 1.165) is 5.56 Å². The molecule has 0 unspecified atom stereocenters. The van der Waals surface area contributed by atoms with E-state index in [0.29, 0.717) is 23.3 Å². The van der Waals surface area contributed by atoms with Gasteiger partial charge in [-0.1, -0.05) is 42.5 Å². The molecule has 0 bridgehead atoms. The van der Waals surface area contributed by atoms with Gasteiger partial charge in [-0.3, -0.25) is 10.1 Å². The molecule has 0 saturated carbocycles. The molecule has 2 aromatic rings. The van der Waals surface area contributed by atoms with Crippen LogP contribution < -0.4 is 10.8 Å². The number of methoxy groups -OCH3 is 1. The molecule has 0 fully saturated rings. The molecule has 2 N–H and O–H groups in total. The highest BCUT2D eigenvalue weighted by Gasteiger charge is 2.35. The number of alkyl carbamates (subject to hydrolysis) is 1. The summed E-state index contributed by atoms with van der Waals surface area (Å²) in [5.41, 5.74) is 2.67. The molecule has 0 radical (unpaired) electrons. The van der Waals surface area contributed by atoms with E-state index in [1.807, 2.05) is 30.3 Å². The molecular weight excluding hydrogens is 373 g/mol. The number of guanidine groups is 1. The van der Waals surface area contributed by atoms with Gasteiger partial charge in [0.15, 0.2) is 5.96 Å². The van der Waals surface area contributed by atoms with Crippen molar-refractivity contribution >= 4 is 36.2 Å². The van der Waals surface area contributed by atoms with E-state index in [1.54, 1.807) is 29.9 Å². The first-order valence-electron chi connectivity index (χ1n) is 9.22. The van der Waals surface area contributed by atoms with Crippen molar-refractivity contribution in [2.75, 3.05) is 13.7 Å². The van der Waals surface area contributed by atoms with Crippen LogP contribution in [0.3, 0.4) is 0 Å². The molecular formula is C20H22BN3O5. The van der Waals surface area contributed by atoms with Gasteiger partial charge < -0.3 is 19.3 Å². The number of rotatable bonds is 5. The Labute approximate surface area is 169 Å². The van der Waals surface area contributed by atoms with Gasteiger partial charge in [-0.05, 0) is 24.1 Å². The van der Waals surface area contributed by atoms with Crippen LogP contribution in [0.15, 0.2) is 53.5 Å². The third kappa shape index (κ3) is 4.94. The van der Waals surface area contributed by atoms with Gasteiger partial charge in [0.1, 0.15) is 0 Å². The summed E-state index contributed by atoms with van der Waals surface area (Å²) in [4.78, 5) is 29.6.